The van der Waals surface area contributed by atoms with Crippen molar-refractivity contribution in [1.29, 1.82) is 0 Å². The summed E-state index contributed by atoms with van der Waals surface area (Å²) >= 11 is 6.09. The van der Waals surface area contributed by atoms with Crippen LogP contribution in [0.3, 0.4) is 0 Å². The highest BCUT2D eigenvalue weighted by Crippen LogP contribution is 2.27. The predicted molar refractivity (Wildman–Crippen MR) is 121 cm³/mol. The maximum Gasteiger partial charge on any atom is 0.260 e. The molecule has 9 heteroatoms. The van der Waals surface area contributed by atoms with Crippen LogP contribution >= 0.6 is 11.6 Å². The third-order valence-electron chi connectivity index (χ3n) is 4.24. The molecule has 0 aromatic heterocycles. The molecule has 2 rings (SSSR count). The molecule has 162 valence electrons. The Hall–Kier alpha value is -2.58. The maximum absolute atomic E-state index is 12.3. The van der Waals surface area contributed by atoms with E-state index in [9.17, 15) is 13.2 Å². The summed E-state index contributed by atoms with van der Waals surface area (Å²) in [5.41, 5.74) is 4.04. The fraction of sp³-hybridized carbons (Fsp3) is 0.333. The van der Waals surface area contributed by atoms with Crippen molar-refractivity contribution < 1.29 is 17.9 Å². The van der Waals surface area contributed by atoms with Gasteiger partial charge in [0.25, 0.3) is 5.91 Å². The molecule has 0 radical (unpaired) electrons. The van der Waals surface area contributed by atoms with Gasteiger partial charge >= 0.3 is 0 Å². The van der Waals surface area contributed by atoms with Gasteiger partial charge < -0.3 is 4.74 Å². The van der Waals surface area contributed by atoms with Crippen LogP contribution in [0, 0.1) is 6.92 Å². The van der Waals surface area contributed by atoms with E-state index >= 15 is 0 Å². The van der Waals surface area contributed by atoms with Crippen LogP contribution in [-0.4, -0.2) is 39.9 Å². The van der Waals surface area contributed by atoms with Crippen LogP contribution in [0.25, 0.3) is 0 Å². The zero-order chi connectivity index (χ0) is 22.1. The summed E-state index contributed by atoms with van der Waals surface area (Å²) < 4.78 is 31.0. The number of anilines is 1. The summed E-state index contributed by atoms with van der Waals surface area (Å²) in [6.07, 6.45) is 4.57. The van der Waals surface area contributed by atoms with Crippen molar-refractivity contribution in [2.24, 2.45) is 5.10 Å². The summed E-state index contributed by atoms with van der Waals surface area (Å²) in [5.74, 6) is 0.195. The van der Waals surface area contributed by atoms with E-state index in [1.807, 2.05) is 24.3 Å². The Balaban J connectivity index is 2.00. The van der Waals surface area contributed by atoms with E-state index in [-0.39, 0.29) is 0 Å². The molecule has 0 bridgehead atoms. The number of rotatable bonds is 10. The van der Waals surface area contributed by atoms with Crippen LogP contribution in [0.5, 0.6) is 5.75 Å². The summed E-state index contributed by atoms with van der Waals surface area (Å²) in [6, 6.07) is 12.2. The Kier molecular flexibility index (Phi) is 8.68. The maximum atomic E-state index is 12.3. The number of carbonyl (C=O) groups is 1. The number of carbonyl (C=O) groups excluding carboxylic acids is 1. The van der Waals surface area contributed by atoms with E-state index in [4.69, 9.17) is 16.3 Å². The molecule has 0 atom stereocenters. The molecule has 0 aliphatic heterocycles. The molecule has 2 aromatic rings. The van der Waals surface area contributed by atoms with Crippen molar-refractivity contribution in [3.05, 3.63) is 58.6 Å². The SMILES string of the molecule is CCCCOc1ccc(/C=N\NC(=O)CN(c2cccc(Cl)c2C)S(C)(=O)=O)cc1. The van der Waals surface area contributed by atoms with Crippen molar-refractivity contribution in [2.45, 2.75) is 26.7 Å². The number of unbranched alkanes of at least 4 members (excludes halogenated alkanes) is 1. The van der Waals surface area contributed by atoms with Crippen LogP contribution in [0.15, 0.2) is 47.6 Å². The van der Waals surface area contributed by atoms with Gasteiger partial charge in [-0.1, -0.05) is 31.0 Å². The first-order valence-electron chi connectivity index (χ1n) is 9.50. The third kappa shape index (κ3) is 7.03. The van der Waals surface area contributed by atoms with Crippen molar-refractivity contribution in [3.63, 3.8) is 0 Å². The Labute approximate surface area is 182 Å². The van der Waals surface area contributed by atoms with Crippen LogP contribution < -0.4 is 14.5 Å². The van der Waals surface area contributed by atoms with E-state index in [1.54, 1.807) is 25.1 Å². The number of amides is 1. The molecule has 0 aliphatic carbocycles. The second-order valence-corrected chi connectivity index (χ2v) is 9.03. The quantitative estimate of drug-likeness (QED) is 0.338. The van der Waals surface area contributed by atoms with Gasteiger partial charge in [-0.3, -0.25) is 9.10 Å². The van der Waals surface area contributed by atoms with Gasteiger partial charge in [-0.25, -0.2) is 13.8 Å². The average molecular weight is 452 g/mol. The first-order chi connectivity index (χ1) is 14.2. The predicted octanol–water partition coefficient (Wildman–Crippen LogP) is 3.74. The fourth-order valence-electron chi connectivity index (χ4n) is 2.58. The van der Waals surface area contributed by atoms with E-state index in [0.29, 0.717) is 22.9 Å². The molecule has 0 aliphatic rings. The van der Waals surface area contributed by atoms with Gasteiger partial charge in [-0.05, 0) is 60.9 Å². The summed E-state index contributed by atoms with van der Waals surface area (Å²) in [5, 5.41) is 4.32. The lowest BCUT2D eigenvalue weighted by Crippen LogP contribution is -2.39. The molecule has 0 saturated heterocycles. The van der Waals surface area contributed by atoms with E-state index in [2.05, 4.69) is 17.5 Å². The highest BCUT2D eigenvalue weighted by atomic mass is 35.5. The minimum Gasteiger partial charge on any atom is -0.494 e. The molecule has 0 heterocycles. The van der Waals surface area contributed by atoms with Gasteiger partial charge in [-0.15, -0.1) is 0 Å². The molecule has 30 heavy (non-hydrogen) atoms. The second-order valence-electron chi connectivity index (χ2n) is 6.72. The summed E-state index contributed by atoms with van der Waals surface area (Å²) in [4.78, 5) is 12.3. The Morgan fingerprint density at radius 1 is 1.23 bits per heavy atom. The number of halogens is 1. The number of sulfonamides is 1. The number of nitrogens with one attached hydrogen (secondary N) is 1. The lowest BCUT2D eigenvalue weighted by Gasteiger charge is -2.23. The standard InChI is InChI=1S/C21H26ClN3O4S/c1-4-5-13-29-18-11-9-17(10-12-18)14-23-24-21(26)15-25(30(3,27)28)20-8-6-7-19(22)16(20)2/h6-12,14H,4-5,13,15H2,1-3H3,(H,24,26)/b23-14-. The zero-order valence-corrected chi connectivity index (χ0v) is 18.8. The van der Waals surface area contributed by atoms with Crippen LogP contribution in [-0.2, 0) is 14.8 Å². The molecule has 0 spiro atoms. The van der Waals surface area contributed by atoms with E-state index in [0.717, 1.165) is 34.7 Å². The zero-order valence-electron chi connectivity index (χ0n) is 17.3. The second kappa shape index (κ2) is 11.0. The van der Waals surface area contributed by atoms with Gasteiger partial charge in [0.2, 0.25) is 10.0 Å². The number of hydrogen-bond acceptors (Lipinski definition) is 5. The number of benzene rings is 2. The molecule has 1 N–H and O–H groups in total. The minimum atomic E-state index is -3.70. The molecule has 2 aromatic carbocycles. The van der Waals surface area contributed by atoms with Crippen molar-refractivity contribution in [1.82, 2.24) is 5.43 Å². The molecule has 0 saturated carbocycles. The topological polar surface area (TPSA) is 88.1 Å². The average Bonchev–Trinajstić information content (AvgIpc) is 2.69. The third-order valence-corrected chi connectivity index (χ3v) is 5.78. The smallest absolute Gasteiger partial charge is 0.260 e. The lowest BCUT2D eigenvalue weighted by molar-refractivity contribution is -0.119. The van der Waals surface area contributed by atoms with Gasteiger partial charge in [0.1, 0.15) is 12.3 Å². The Morgan fingerprint density at radius 3 is 2.57 bits per heavy atom. The number of nitrogens with zero attached hydrogens (tertiary/aromatic N) is 2. The monoisotopic (exact) mass is 451 g/mol. The van der Waals surface area contributed by atoms with Crippen molar-refractivity contribution in [2.75, 3.05) is 23.7 Å². The molecular weight excluding hydrogens is 426 g/mol. The van der Waals surface area contributed by atoms with Crippen LogP contribution in [0.2, 0.25) is 5.02 Å². The summed E-state index contributed by atoms with van der Waals surface area (Å²) in [7, 11) is -3.70. The molecule has 0 fully saturated rings. The van der Waals surface area contributed by atoms with Gasteiger partial charge in [0.15, 0.2) is 0 Å². The molecular formula is C21H26ClN3O4S. The van der Waals surface area contributed by atoms with Crippen LogP contribution in [0.4, 0.5) is 5.69 Å². The fourth-order valence-corrected chi connectivity index (χ4v) is 3.65. The minimum absolute atomic E-state index is 0.350. The van der Waals surface area contributed by atoms with Gasteiger partial charge in [-0.2, -0.15) is 5.10 Å². The van der Waals surface area contributed by atoms with Gasteiger partial charge in [0.05, 0.1) is 24.8 Å². The Bertz CT molecular complexity index is 992. The normalized spacial score (nSPS) is 11.5. The first-order valence-corrected chi connectivity index (χ1v) is 11.7. The lowest BCUT2D eigenvalue weighted by atomic mass is 10.2. The molecule has 1 amide bonds. The molecule has 0 unspecified atom stereocenters. The number of ether oxygens (including phenoxy) is 1. The summed E-state index contributed by atoms with van der Waals surface area (Å²) in [6.45, 7) is 4.05. The van der Waals surface area contributed by atoms with Crippen LogP contribution in [0.1, 0.15) is 30.9 Å². The Morgan fingerprint density at radius 2 is 1.93 bits per heavy atom. The van der Waals surface area contributed by atoms with E-state index < -0.39 is 22.5 Å². The van der Waals surface area contributed by atoms with Crippen molar-refractivity contribution in [3.8, 4) is 5.75 Å². The van der Waals surface area contributed by atoms with E-state index in [1.165, 1.54) is 6.21 Å². The largest absolute Gasteiger partial charge is 0.494 e. The van der Waals surface area contributed by atoms with Gasteiger partial charge in [0, 0.05) is 5.02 Å². The molecule has 7 nitrogen and oxygen atoms in total. The highest BCUT2D eigenvalue weighted by molar-refractivity contribution is 7.92. The number of hydrogen-bond donors (Lipinski definition) is 1. The number of hydrazone groups is 1. The first kappa shape index (κ1) is 23.7. The van der Waals surface area contributed by atoms with Crippen molar-refractivity contribution >= 4 is 39.4 Å². The highest BCUT2D eigenvalue weighted by Gasteiger charge is 2.22.